The SMILES string of the molecule is Cc1cc(C)cc(NC(N)=NCc2ccc(S(=O)(=O)NCC(C)C)cc2)c1.I. The summed E-state index contributed by atoms with van der Waals surface area (Å²) in [7, 11) is -3.48. The number of nitrogens with one attached hydrogen (secondary N) is 2. The molecule has 0 fully saturated rings. The summed E-state index contributed by atoms with van der Waals surface area (Å²) in [5, 5.41) is 3.08. The van der Waals surface area contributed by atoms with Crippen LogP contribution < -0.4 is 15.8 Å². The molecule has 0 bridgehead atoms. The van der Waals surface area contributed by atoms with Crippen LogP contribution in [0.2, 0.25) is 0 Å². The Hall–Kier alpha value is -1.65. The van der Waals surface area contributed by atoms with Crippen molar-refractivity contribution in [2.45, 2.75) is 39.1 Å². The molecule has 0 aliphatic rings. The Morgan fingerprint density at radius 3 is 2.18 bits per heavy atom. The molecule has 0 saturated heterocycles. The van der Waals surface area contributed by atoms with E-state index in [2.05, 4.69) is 21.1 Å². The first-order chi connectivity index (χ1) is 12.7. The van der Waals surface area contributed by atoms with Crippen molar-refractivity contribution >= 4 is 45.6 Å². The monoisotopic (exact) mass is 516 g/mol. The number of aryl methyl sites for hydroxylation is 2. The van der Waals surface area contributed by atoms with Gasteiger partial charge in [0.2, 0.25) is 10.0 Å². The lowest BCUT2D eigenvalue weighted by molar-refractivity contribution is 0.560. The van der Waals surface area contributed by atoms with Gasteiger partial charge in [-0.15, -0.1) is 24.0 Å². The molecule has 154 valence electrons. The van der Waals surface area contributed by atoms with E-state index in [-0.39, 0.29) is 34.8 Å². The standard InChI is InChI=1S/C20H28N4O2S.HI/c1-14(2)12-23-27(25,26)19-7-5-17(6-8-19)13-22-20(21)24-18-10-15(3)9-16(4)11-18;/h5-11,14,23H,12-13H2,1-4H3,(H3,21,22,24);1H. The minimum absolute atomic E-state index is 0. The lowest BCUT2D eigenvalue weighted by Gasteiger charge is -2.09. The lowest BCUT2D eigenvalue weighted by atomic mass is 10.1. The second-order valence-electron chi connectivity index (χ2n) is 7.09. The highest BCUT2D eigenvalue weighted by atomic mass is 127. The highest BCUT2D eigenvalue weighted by Crippen LogP contribution is 2.14. The quantitative estimate of drug-likeness (QED) is 0.297. The van der Waals surface area contributed by atoms with Gasteiger partial charge in [-0.2, -0.15) is 0 Å². The highest BCUT2D eigenvalue weighted by Gasteiger charge is 2.13. The molecule has 0 atom stereocenters. The van der Waals surface area contributed by atoms with Gasteiger partial charge in [-0.1, -0.05) is 32.0 Å². The predicted octanol–water partition coefficient (Wildman–Crippen LogP) is 3.78. The van der Waals surface area contributed by atoms with E-state index < -0.39 is 10.0 Å². The van der Waals surface area contributed by atoms with E-state index in [1.165, 1.54) is 0 Å². The molecule has 0 radical (unpaired) electrons. The zero-order chi connectivity index (χ0) is 20.0. The number of nitrogens with zero attached hydrogens (tertiary/aromatic N) is 1. The summed E-state index contributed by atoms with van der Waals surface area (Å²) in [6, 6.07) is 12.7. The van der Waals surface area contributed by atoms with Gasteiger partial charge in [-0.25, -0.2) is 18.1 Å². The highest BCUT2D eigenvalue weighted by molar-refractivity contribution is 14.0. The molecule has 0 heterocycles. The van der Waals surface area contributed by atoms with Crippen LogP contribution in [0.25, 0.3) is 0 Å². The van der Waals surface area contributed by atoms with Gasteiger partial charge in [0, 0.05) is 12.2 Å². The molecule has 0 unspecified atom stereocenters. The summed E-state index contributed by atoms with van der Waals surface area (Å²) in [4.78, 5) is 4.57. The third-order valence-corrected chi connectivity index (χ3v) is 5.28. The maximum Gasteiger partial charge on any atom is 0.240 e. The van der Waals surface area contributed by atoms with Gasteiger partial charge in [-0.05, 0) is 60.7 Å². The van der Waals surface area contributed by atoms with Crippen molar-refractivity contribution in [3.05, 3.63) is 59.2 Å². The number of rotatable bonds is 7. The number of sulfonamides is 1. The summed E-state index contributed by atoms with van der Waals surface area (Å²) in [6.45, 7) is 8.74. The number of benzene rings is 2. The number of halogens is 1. The predicted molar refractivity (Wildman–Crippen MR) is 127 cm³/mol. The fourth-order valence-electron chi connectivity index (χ4n) is 2.54. The third-order valence-electron chi connectivity index (χ3n) is 3.84. The molecule has 28 heavy (non-hydrogen) atoms. The maximum atomic E-state index is 12.2. The summed E-state index contributed by atoms with van der Waals surface area (Å²) in [6.07, 6.45) is 0. The average Bonchev–Trinajstić information content (AvgIpc) is 2.58. The number of guanidine groups is 1. The molecule has 4 N–H and O–H groups in total. The van der Waals surface area contributed by atoms with Crippen LogP contribution in [-0.4, -0.2) is 20.9 Å². The number of hydrogen-bond donors (Lipinski definition) is 3. The van der Waals surface area contributed by atoms with Gasteiger partial charge in [0.05, 0.1) is 11.4 Å². The van der Waals surface area contributed by atoms with Gasteiger partial charge in [0.15, 0.2) is 5.96 Å². The van der Waals surface area contributed by atoms with Crippen molar-refractivity contribution in [1.29, 1.82) is 0 Å². The largest absolute Gasteiger partial charge is 0.370 e. The summed E-state index contributed by atoms with van der Waals surface area (Å²) in [5.74, 6) is 0.566. The van der Waals surface area contributed by atoms with E-state index in [4.69, 9.17) is 5.73 Å². The van der Waals surface area contributed by atoms with Gasteiger partial charge in [0.1, 0.15) is 0 Å². The molecule has 0 spiro atoms. The molecule has 0 aromatic heterocycles. The van der Waals surface area contributed by atoms with E-state index in [0.717, 1.165) is 22.4 Å². The maximum absolute atomic E-state index is 12.2. The van der Waals surface area contributed by atoms with E-state index in [0.29, 0.717) is 19.0 Å². The van der Waals surface area contributed by atoms with Gasteiger partial charge < -0.3 is 11.1 Å². The van der Waals surface area contributed by atoms with Crippen LogP contribution in [0.1, 0.15) is 30.5 Å². The van der Waals surface area contributed by atoms with E-state index >= 15 is 0 Å². The van der Waals surface area contributed by atoms with Crippen LogP contribution in [-0.2, 0) is 16.6 Å². The van der Waals surface area contributed by atoms with Crippen molar-refractivity contribution < 1.29 is 8.42 Å². The van der Waals surface area contributed by atoms with Crippen molar-refractivity contribution in [3.8, 4) is 0 Å². The Morgan fingerprint density at radius 1 is 1.07 bits per heavy atom. The Labute approximate surface area is 185 Å². The Morgan fingerprint density at radius 2 is 1.64 bits per heavy atom. The Balaban J connectivity index is 0.00000392. The molecule has 2 aromatic carbocycles. The van der Waals surface area contributed by atoms with Gasteiger partial charge in [0.25, 0.3) is 0 Å². The number of nitrogens with two attached hydrogens (primary N) is 1. The Bertz CT molecular complexity index is 890. The second-order valence-corrected chi connectivity index (χ2v) is 8.86. The van der Waals surface area contributed by atoms with E-state index in [1.54, 1.807) is 24.3 Å². The molecule has 0 amide bonds. The normalized spacial score (nSPS) is 12.0. The first-order valence-electron chi connectivity index (χ1n) is 8.89. The van der Waals surface area contributed by atoms with Crippen LogP contribution in [0.4, 0.5) is 5.69 Å². The van der Waals surface area contributed by atoms with Gasteiger partial charge in [-0.3, -0.25) is 0 Å². The Kier molecular flexibility index (Phi) is 9.38. The average molecular weight is 516 g/mol. The van der Waals surface area contributed by atoms with Crippen molar-refractivity contribution in [3.63, 3.8) is 0 Å². The second kappa shape index (κ2) is 10.8. The molecule has 6 nitrogen and oxygen atoms in total. The molecule has 8 heteroatoms. The smallest absolute Gasteiger partial charge is 0.240 e. The zero-order valence-electron chi connectivity index (χ0n) is 16.7. The van der Waals surface area contributed by atoms with Crippen LogP contribution in [0.3, 0.4) is 0 Å². The van der Waals surface area contributed by atoms with Crippen LogP contribution in [0, 0.1) is 19.8 Å². The van der Waals surface area contributed by atoms with Crippen molar-refractivity contribution in [2.75, 3.05) is 11.9 Å². The minimum atomic E-state index is -3.48. The lowest BCUT2D eigenvalue weighted by Crippen LogP contribution is -2.27. The number of anilines is 1. The number of hydrogen-bond acceptors (Lipinski definition) is 3. The van der Waals surface area contributed by atoms with E-state index in [1.807, 2.05) is 39.8 Å². The van der Waals surface area contributed by atoms with Crippen molar-refractivity contribution in [1.82, 2.24) is 4.72 Å². The molecule has 0 saturated carbocycles. The molecule has 0 aliphatic heterocycles. The zero-order valence-corrected chi connectivity index (χ0v) is 19.8. The van der Waals surface area contributed by atoms with Crippen molar-refractivity contribution in [2.24, 2.45) is 16.6 Å². The number of aliphatic imine (C=N–C) groups is 1. The fourth-order valence-corrected chi connectivity index (χ4v) is 3.76. The van der Waals surface area contributed by atoms with Crippen LogP contribution >= 0.6 is 24.0 Å². The van der Waals surface area contributed by atoms with Crippen LogP contribution in [0.15, 0.2) is 52.4 Å². The van der Waals surface area contributed by atoms with Crippen LogP contribution in [0.5, 0.6) is 0 Å². The summed E-state index contributed by atoms with van der Waals surface area (Å²) in [5.41, 5.74) is 10.0. The van der Waals surface area contributed by atoms with Gasteiger partial charge >= 0.3 is 0 Å². The fraction of sp³-hybridized carbons (Fsp3) is 0.350. The molecular weight excluding hydrogens is 487 g/mol. The first kappa shape index (κ1) is 24.4. The molecule has 2 rings (SSSR count). The minimum Gasteiger partial charge on any atom is -0.370 e. The topological polar surface area (TPSA) is 96.6 Å². The third kappa shape index (κ3) is 7.76. The molecule has 2 aromatic rings. The van der Waals surface area contributed by atoms with E-state index in [9.17, 15) is 8.42 Å². The molecular formula is C20H29IN4O2S. The summed E-state index contributed by atoms with van der Waals surface area (Å²) >= 11 is 0. The first-order valence-corrected chi connectivity index (χ1v) is 10.4. The summed E-state index contributed by atoms with van der Waals surface area (Å²) < 4.78 is 27.0. The molecule has 0 aliphatic carbocycles.